The Morgan fingerprint density at radius 3 is 2.89 bits per heavy atom. The van der Waals surface area contributed by atoms with Crippen molar-refractivity contribution in [2.45, 2.75) is 31.8 Å². The number of rotatable bonds is 3. The zero-order chi connectivity index (χ0) is 13.5. The van der Waals surface area contributed by atoms with Crippen molar-refractivity contribution in [2.24, 2.45) is 11.8 Å². The minimum atomic E-state index is -0.558. The molecule has 1 aromatic heterocycles. The zero-order valence-electron chi connectivity index (χ0n) is 11.6. The van der Waals surface area contributed by atoms with E-state index in [2.05, 4.69) is 27.1 Å². The van der Waals surface area contributed by atoms with Gasteiger partial charge in [-0.3, -0.25) is 0 Å². The summed E-state index contributed by atoms with van der Waals surface area (Å²) in [5.74, 6) is 2.27. The third kappa shape index (κ3) is 2.06. The molecule has 0 spiro atoms. The smallest absolute Gasteiger partial charge is 0.227 e. The van der Waals surface area contributed by atoms with Crippen LogP contribution in [0.25, 0.3) is 0 Å². The number of nitrogens with zero attached hydrogens (tertiary/aromatic N) is 3. The van der Waals surface area contributed by atoms with Gasteiger partial charge in [-0.05, 0) is 24.8 Å². The maximum atomic E-state index is 10.9. The summed E-state index contributed by atoms with van der Waals surface area (Å²) in [4.78, 5) is 10.9. The maximum Gasteiger partial charge on any atom is 0.227 e. The predicted octanol–water partition coefficient (Wildman–Crippen LogP) is 1.51. The molecule has 2 atom stereocenters. The molecular formula is C14H22N4O. The van der Waals surface area contributed by atoms with Crippen LogP contribution >= 0.6 is 0 Å². The number of aliphatic hydroxyl groups is 1. The molecule has 0 aromatic carbocycles. The third-order valence-electron chi connectivity index (χ3n) is 4.79. The average molecular weight is 262 g/mol. The van der Waals surface area contributed by atoms with Crippen molar-refractivity contribution in [3.05, 3.63) is 12.3 Å². The topological polar surface area (TPSA) is 61.3 Å². The van der Waals surface area contributed by atoms with Crippen LogP contribution in [0.5, 0.6) is 0 Å². The Labute approximate surface area is 114 Å². The van der Waals surface area contributed by atoms with Gasteiger partial charge < -0.3 is 15.3 Å². The van der Waals surface area contributed by atoms with Gasteiger partial charge in [-0.2, -0.15) is 4.98 Å². The van der Waals surface area contributed by atoms with E-state index in [0.717, 1.165) is 25.2 Å². The Balaban J connectivity index is 1.80. The predicted molar refractivity (Wildman–Crippen MR) is 75.2 cm³/mol. The number of β-amino-alcohol motifs (C(OH)–C–C–N with tert-alkyl or cyclic N) is 1. The Bertz CT molecular complexity index is 463. The summed E-state index contributed by atoms with van der Waals surface area (Å²) in [6.07, 6.45) is 5.34. The Morgan fingerprint density at radius 1 is 1.47 bits per heavy atom. The average Bonchev–Trinajstić information content (AvgIpc) is 2.64. The van der Waals surface area contributed by atoms with Crippen LogP contribution in [0.15, 0.2) is 12.3 Å². The van der Waals surface area contributed by atoms with Crippen molar-refractivity contribution in [3.63, 3.8) is 0 Å². The number of nitrogens with one attached hydrogen (secondary N) is 1. The quantitative estimate of drug-likeness (QED) is 0.864. The molecule has 2 fully saturated rings. The van der Waals surface area contributed by atoms with Crippen molar-refractivity contribution in [3.8, 4) is 0 Å². The molecule has 2 aliphatic rings. The van der Waals surface area contributed by atoms with Gasteiger partial charge in [0.25, 0.3) is 0 Å². The highest BCUT2D eigenvalue weighted by molar-refractivity contribution is 5.42. The lowest BCUT2D eigenvalue weighted by Crippen LogP contribution is -2.47. The molecule has 19 heavy (non-hydrogen) atoms. The lowest BCUT2D eigenvalue weighted by molar-refractivity contribution is -0.0615. The lowest BCUT2D eigenvalue weighted by atomic mass is 9.69. The third-order valence-corrected chi connectivity index (χ3v) is 4.79. The van der Waals surface area contributed by atoms with Crippen LogP contribution in [0.3, 0.4) is 0 Å². The van der Waals surface area contributed by atoms with E-state index in [1.165, 1.54) is 6.42 Å². The highest BCUT2D eigenvalue weighted by atomic mass is 16.3. The van der Waals surface area contributed by atoms with Crippen LogP contribution in [0.4, 0.5) is 11.8 Å². The number of anilines is 2. The van der Waals surface area contributed by atoms with E-state index in [1.807, 2.05) is 13.1 Å². The molecule has 0 amide bonds. The fraction of sp³-hybridized carbons (Fsp3) is 0.714. The summed E-state index contributed by atoms with van der Waals surface area (Å²) in [7, 11) is 1.85. The first-order chi connectivity index (χ1) is 9.13. The molecule has 1 aliphatic carbocycles. The van der Waals surface area contributed by atoms with Crippen LogP contribution in [-0.4, -0.2) is 40.8 Å². The number of hydrogen-bond donors (Lipinski definition) is 2. The minimum Gasteiger partial charge on any atom is -0.387 e. The van der Waals surface area contributed by atoms with Gasteiger partial charge in [-0.1, -0.05) is 13.3 Å². The summed E-state index contributed by atoms with van der Waals surface area (Å²) in [5.41, 5.74) is -0.558. The van der Waals surface area contributed by atoms with E-state index in [-0.39, 0.29) is 5.92 Å². The molecule has 3 rings (SSSR count). The van der Waals surface area contributed by atoms with Crippen LogP contribution in [0.1, 0.15) is 26.2 Å². The van der Waals surface area contributed by atoms with Crippen LogP contribution < -0.4 is 10.2 Å². The van der Waals surface area contributed by atoms with Crippen molar-refractivity contribution >= 4 is 11.8 Å². The molecule has 104 valence electrons. The molecule has 5 heteroatoms. The molecule has 1 aromatic rings. The zero-order valence-corrected chi connectivity index (χ0v) is 11.6. The van der Waals surface area contributed by atoms with E-state index in [1.54, 1.807) is 6.20 Å². The van der Waals surface area contributed by atoms with Crippen LogP contribution in [-0.2, 0) is 0 Å². The van der Waals surface area contributed by atoms with Crippen LogP contribution in [0, 0.1) is 11.8 Å². The summed E-state index contributed by atoms with van der Waals surface area (Å²) < 4.78 is 0. The molecule has 5 nitrogen and oxygen atoms in total. The van der Waals surface area contributed by atoms with Gasteiger partial charge in [0.2, 0.25) is 5.95 Å². The van der Waals surface area contributed by atoms with Crippen molar-refractivity contribution in [1.82, 2.24) is 9.97 Å². The fourth-order valence-electron chi connectivity index (χ4n) is 3.25. The summed E-state index contributed by atoms with van der Waals surface area (Å²) in [6, 6.07) is 1.85. The second-order valence-electron chi connectivity index (χ2n) is 5.89. The van der Waals surface area contributed by atoms with Gasteiger partial charge >= 0.3 is 0 Å². The normalized spacial score (nSPS) is 31.3. The Kier molecular flexibility index (Phi) is 3.09. The Morgan fingerprint density at radius 2 is 2.26 bits per heavy atom. The second-order valence-corrected chi connectivity index (χ2v) is 5.89. The largest absolute Gasteiger partial charge is 0.387 e. The number of aromatic nitrogens is 2. The SMILES string of the molecule is CNc1ccnc(N2C[C@@H](C)[C@](O)(C3CCC3)C2)n1. The first-order valence-corrected chi connectivity index (χ1v) is 7.11. The van der Waals surface area contributed by atoms with E-state index in [0.29, 0.717) is 18.4 Å². The molecule has 0 bridgehead atoms. The van der Waals surface area contributed by atoms with E-state index in [9.17, 15) is 5.11 Å². The van der Waals surface area contributed by atoms with E-state index >= 15 is 0 Å². The summed E-state index contributed by atoms with van der Waals surface area (Å²) in [6.45, 7) is 3.63. The van der Waals surface area contributed by atoms with Crippen molar-refractivity contribution in [1.29, 1.82) is 0 Å². The standard InChI is InChI=1S/C14H22N4O/c1-10-8-18(9-14(10,19)11-4-3-5-11)13-16-7-6-12(15-2)17-13/h6-7,10-11,19H,3-5,8-9H2,1-2H3,(H,15,16,17)/t10-,14+/m1/s1. The molecule has 2 N–H and O–H groups in total. The van der Waals surface area contributed by atoms with E-state index < -0.39 is 5.60 Å². The van der Waals surface area contributed by atoms with Gasteiger partial charge in [0, 0.05) is 25.7 Å². The maximum absolute atomic E-state index is 10.9. The molecule has 0 unspecified atom stereocenters. The first kappa shape index (κ1) is 12.7. The van der Waals surface area contributed by atoms with Gasteiger partial charge in [-0.25, -0.2) is 4.98 Å². The highest BCUT2D eigenvalue weighted by Gasteiger charge is 2.50. The van der Waals surface area contributed by atoms with Crippen LogP contribution in [0.2, 0.25) is 0 Å². The van der Waals surface area contributed by atoms with Gasteiger partial charge in [0.1, 0.15) is 5.82 Å². The molecule has 0 radical (unpaired) electrons. The summed E-state index contributed by atoms with van der Waals surface area (Å²) in [5, 5.41) is 14.0. The second kappa shape index (κ2) is 4.63. The van der Waals surface area contributed by atoms with Gasteiger partial charge in [0.05, 0.1) is 12.1 Å². The first-order valence-electron chi connectivity index (χ1n) is 7.11. The molecule has 2 heterocycles. The minimum absolute atomic E-state index is 0.277. The van der Waals surface area contributed by atoms with Gasteiger partial charge in [-0.15, -0.1) is 0 Å². The number of hydrogen-bond acceptors (Lipinski definition) is 5. The molecule has 1 saturated carbocycles. The molecular weight excluding hydrogens is 240 g/mol. The van der Waals surface area contributed by atoms with Crippen molar-refractivity contribution < 1.29 is 5.11 Å². The van der Waals surface area contributed by atoms with Gasteiger partial charge in [0.15, 0.2) is 0 Å². The highest BCUT2D eigenvalue weighted by Crippen LogP contribution is 2.44. The van der Waals surface area contributed by atoms with Crippen molar-refractivity contribution in [2.75, 3.05) is 30.4 Å². The van der Waals surface area contributed by atoms with E-state index in [4.69, 9.17) is 0 Å². The monoisotopic (exact) mass is 262 g/mol. The molecule has 1 saturated heterocycles. The fourth-order valence-corrected chi connectivity index (χ4v) is 3.25. The molecule has 1 aliphatic heterocycles. The summed E-state index contributed by atoms with van der Waals surface area (Å²) >= 11 is 0. The lowest BCUT2D eigenvalue weighted by Gasteiger charge is -2.41. The Hall–Kier alpha value is -1.36.